The zero-order valence-electron chi connectivity index (χ0n) is 4.64. The SMILES string of the molecule is Clc1cccc([CH]Br)c1. The number of halogens is 2. The van der Waals surface area contributed by atoms with Gasteiger partial charge in [-0.1, -0.05) is 39.7 Å². The lowest BCUT2D eigenvalue weighted by molar-refractivity contribution is 1.60. The van der Waals surface area contributed by atoms with Crippen molar-refractivity contribution in [2.75, 3.05) is 0 Å². The average molecular weight is 204 g/mol. The highest BCUT2D eigenvalue weighted by Crippen LogP contribution is 2.13. The quantitative estimate of drug-likeness (QED) is 0.659. The maximum absolute atomic E-state index is 5.68. The van der Waals surface area contributed by atoms with Crippen molar-refractivity contribution in [3.63, 3.8) is 0 Å². The molecule has 0 aliphatic rings. The Balaban J connectivity index is 2.94. The smallest absolute Gasteiger partial charge is 0.0561 e. The average Bonchev–Trinajstić information content (AvgIpc) is 1.88. The molecule has 0 aliphatic heterocycles. The molecule has 0 spiro atoms. The molecule has 0 bridgehead atoms. The number of rotatable bonds is 1. The first-order valence-electron chi connectivity index (χ1n) is 2.52. The lowest BCUT2D eigenvalue weighted by Crippen LogP contribution is -1.71. The minimum absolute atomic E-state index is 0.767. The summed E-state index contributed by atoms with van der Waals surface area (Å²) in [6.45, 7) is 0. The van der Waals surface area contributed by atoms with Gasteiger partial charge in [-0.3, -0.25) is 0 Å². The molecule has 1 aromatic rings. The maximum atomic E-state index is 5.68. The molecule has 0 nitrogen and oxygen atoms in total. The van der Waals surface area contributed by atoms with E-state index in [0.29, 0.717) is 0 Å². The molecular weight excluding hydrogens is 199 g/mol. The highest BCUT2D eigenvalue weighted by molar-refractivity contribution is 9.10. The van der Waals surface area contributed by atoms with Gasteiger partial charge in [0.25, 0.3) is 0 Å². The van der Waals surface area contributed by atoms with Crippen molar-refractivity contribution in [2.24, 2.45) is 0 Å². The van der Waals surface area contributed by atoms with Gasteiger partial charge >= 0.3 is 0 Å². The van der Waals surface area contributed by atoms with Crippen LogP contribution in [0.25, 0.3) is 0 Å². The van der Waals surface area contributed by atoms with Crippen molar-refractivity contribution in [1.82, 2.24) is 0 Å². The Labute approximate surface area is 68.0 Å². The molecule has 0 fully saturated rings. The van der Waals surface area contributed by atoms with Crippen LogP contribution in [0.5, 0.6) is 0 Å². The van der Waals surface area contributed by atoms with Crippen LogP contribution >= 0.6 is 27.5 Å². The van der Waals surface area contributed by atoms with E-state index >= 15 is 0 Å². The molecule has 1 radical (unpaired) electrons. The maximum Gasteiger partial charge on any atom is 0.0561 e. The Morgan fingerprint density at radius 1 is 1.44 bits per heavy atom. The number of benzene rings is 1. The molecular formula is C7H5BrCl. The second-order valence-electron chi connectivity index (χ2n) is 1.66. The van der Waals surface area contributed by atoms with Crippen LogP contribution in [0.3, 0.4) is 0 Å². The van der Waals surface area contributed by atoms with Crippen LogP contribution in [-0.4, -0.2) is 0 Å². The molecule has 0 saturated carbocycles. The standard InChI is InChI=1S/C7H5BrCl/c8-5-6-2-1-3-7(9)4-6/h1-5H. The van der Waals surface area contributed by atoms with Gasteiger partial charge in [-0.15, -0.1) is 0 Å². The van der Waals surface area contributed by atoms with E-state index in [9.17, 15) is 0 Å². The third-order valence-electron chi connectivity index (χ3n) is 0.975. The first kappa shape index (κ1) is 7.10. The summed E-state index contributed by atoms with van der Waals surface area (Å²) < 4.78 is 0. The summed E-state index contributed by atoms with van der Waals surface area (Å²) in [7, 11) is 0. The summed E-state index contributed by atoms with van der Waals surface area (Å²) in [5.41, 5.74) is 1.09. The molecule has 1 rings (SSSR count). The van der Waals surface area contributed by atoms with Gasteiger partial charge in [-0.2, -0.15) is 0 Å². The predicted octanol–water partition coefficient (Wildman–Crippen LogP) is 3.24. The molecule has 0 atom stereocenters. The lowest BCUT2D eigenvalue weighted by atomic mass is 10.2. The van der Waals surface area contributed by atoms with Gasteiger partial charge in [-0.05, 0) is 17.7 Å². The molecule has 47 valence electrons. The highest BCUT2D eigenvalue weighted by Gasteiger charge is 1.88. The Morgan fingerprint density at radius 3 is 2.67 bits per heavy atom. The molecule has 0 N–H and O–H groups in total. The topological polar surface area (TPSA) is 0 Å². The summed E-state index contributed by atoms with van der Waals surface area (Å²) in [4.78, 5) is 0. The zero-order chi connectivity index (χ0) is 6.69. The minimum Gasteiger partial charge on any atom is -0.0843 e. The first-order chi connectivity index (χ1) is 4.33. The largest absolute Gasteiger partial charge is 0.0843 e. The molecule has 0 aromatic heterocycles. The zero-order valence-corrected chi connectivity index (χ0v) is 6.98. The van der Waals surface area contributed by atoms with Crippen LogP contribution in [0, 0.1) is 5.33 Å². The lowest BCUT2D eigenvalue weighted by Gasteiger charge is -1.92. The van der Waals surface area contributed by atoms with Crippen molar-refractivity contribution in [3.8, 4) is 0 Å². The van der Waals surface area contributed by atoms with Crippen LogP contribution in [-0.2, 0) is 0 Å². The molecule has 0 heterocycles. The van der Waals surface area contributed by atoms with E-state index in [1.807, 2.05) is 29.6 Å². The summed E-state index contributed by atoms with van der Waals surface area (Å²) >= 11 is 8.89. The Hall–Kier alpha value is -0.0100. The molecule has 0 aliphatic carbocycles. The molecule has 0 amide bonds. The van der Waals surface area contributed by atoms with Crippen molar-refractivity contribution in [1.29, 1.82) is 0 Å². The number of hydrogen-bond donors (Lipinski definition) is 0. The van der Waals surface area contributed by atoms with Gasteiger partial charge in [0.2, 0.25) is 0 Å². The van der Waals surface area contributed by atoms with Crippen molar-refractivity contribution in [3.05, 3.63) is 40.2 Å². The van der Waals surface area contributed by atoms with Gasteiger partial charge in [-0.25, -0.2) is 0 Å². The van der Waals surface area contributed by atoms with Crippen molar-refractivity contribution < 1.29 is 0 Å². The second-order valence-corrected chi connectivity index (χ2v) is 2.56. The van der Waals surface area contributed by atoms with E-state index in [0.717, 1.165) is 10.6 Å². The van der Waals surface area contributed by atoms with Crippen molar-refractivity contribution in [2.45, 2.75) is 0 Å². The highest BCUT2D eigenvalue weighted by atomic mass is 79.9. The predicted molar refractivity (Wildman–Crippen MR) is 43.8 cm³/mol. The van der Waals surface area contributed by atoms with E-state index in [4.69, 9.17) is 11.6 Å². The third kappa shape index (κ3) is 1.99. The summed E-state index contributed by atoms with van der Waals surface area (Å²) in [5, 5.41) is 2.60. The van der Waals surface area contributed by atoms with Gasteiger partial charge in [0.15, 0.2) is 0 Å². The monoisotopic (exact) mass is 203 g/mol. The molecule has 0 unspecified atom stereocenters. The normalized spacial score (nSPS) is 9.56. The van der Waals surface area contributed by atoms with Crippen LogP contribution < -0.4 is 0 Å². The molecule has 0 saturated heterocycles. The Morgan fingerprint density at radius 2 is 2.22 bits per heavy atom. The second kappa shape index (κ2) is 3.23. The van der Waals surface area contributed by atoms with E-state index in [1.54, 1.807) is 0 Å². The van der Waals surface area contributed by atoms with E-state index in [1.165, 1.54) is 0 Å². The van der Waals surface area contributed by atoms with Crippen molar-refractivity contribution >= 4 is 27.5 Å². The Bertz CT molecular complexity index is 198. The molecule has 9 heavy (non-hydrogen) atoms. The number of hydrogen-bond acceptors (Lipinski definition) is 0. The van der Waals surface area contributed by atoms with E-state index in [2.05, 4.69) is 15.9 Å². The fourth-order valence-electron chi connectivity index (χ4n) is 0.574. The fraction of sp³-hybridized carbons (Fsp3) is 0. The third-order valence-corrected chi connectivity index (χ3v) is 1.74. The van der Waals surface area contributed by atoms with Gasteiger partial charge in [0, 0.05) is 5.02 Å². The summed E-state index contributed by atoms with van der Waals surface area (Å²) in [5.74, 6) is 0. The van der Waals surface area contributed by atoms with Crippen LogP contribution in [0.4, 0.5) is 0 Å². The van der Waals surface area contributed by atoms with Crippen LogP contribution in [0.1, 0.15) is 5.56 Å². The van der Waals surface area contributed by atoms with Gasteiger partial charge < -0.3 is 0 Å². The van der Waals surface area contributed by atoms with Crippen LogP contribution in [0.2, 0.25) is 5.02 Å². The molecule has 2 heteroatoms. The van der Waals surface area contributed by atoms with Gasteiger partial charge in [0.1, 0.15) is 0 Å². The molecule has 1 aromatic carbocycles. The van der Waals surface area contributed by atoms with E-state index in [-0.39, 0.29) is 0 Å². The van der Waals surface area contributed by atoms with E-state index < -0.39 is 0 Å². The summed E-state index contributed by atoms with van der Waals surface area (Å²) in [6.07, 6.45) is 0. The van der Waals surface area contributed by atoms with Crippen LogP contribution in [0.15, 0.2) is 24.3 Å². The summed E-state index contributed by atoms with van der Waals surface area (Å²) in [6, 6.07) is 7.62. The van der Waals surface area contributed by atoms with Gasteiger partial charge in [0.05, 0.1) is 5.33 Å². The fourth-order valence-corrected chi connectivity index (χ4v) is 1.06. The minimum atomic E-state index is 0.767. The first-order valence-corrected chi connectivity index (χ1v) is 3.81. The Kier molecular flexibility index (Phi) is 2.55.